The van der Waals surface area contributed by atoms with Crippen molar-refractivity contribution in [3.05, 3.63) is 59.7 Å². The smallest absolute Gasteiger partial charge is 0.313 e. The number of carbonyl (C=O) groups is 2. The summed E-state index contributed by atoms with van der Waals surface area (Å²) in [6.07, 6.45) is 3.95. The summed E-state index contributed by atoms with van der Waals surface area (Å²) in [5.74, 6) is -3.47. The number of hydrogen-bond donors (Lipinski definition) is 2. The second-order valence-corrected chi connectivity index (χ2v) is 8.17. The summed E-state index contributed by atoms with van der Waals surface area (Å²) < 4.78 is 26.1. The number of amides is 2. The fourth-order valence-electron chi connectivity index (χ4n) is 3.50. The first-order chi connectivity index (χ1) is 14.5. The summed E-state index contributed by atoms with van der Waals surface area (Å²) in [4.78, 5) is 27.7. The van der Waals surface area contributed by atoms with Gasteiger partial charge >= 0.3 is 11.8 Å². The topological polar surface area (TPSA) is 61.4 Å². The number of nitrogens with one attached hydrogen (secondary N) is 2. The van der Waals surface area contributed by atoms with Gasteiger partial charge in [0, 0.05) is 29.7 Å². The molecule has 0 unspecified atom stereocenters. The van der Waals surface area contributed by atoms with E-state index in [2.05, 4.69) is 40.0 Å². The molecular formula is C22H25F2N3O2S. The molecular weight excluding hydrogens is 408 g/mol. The highest BCUT2D eigenvalue weighted by Gasteiger charge is 2.22. The van der Waals surface area contributed by atoms with Crippen LogP contribution in [0.25, 0.3) is 0 Å². The third kappa shape index (κ3) is 6.03. The van der Waals surface area contributed by atoms with Gasteiger partial charge in [-0.15, -0.1) is 11.8 Å². The number of halogens is 2. The van der Waals surface area contributed by atoms with E-state index in [0.29, 0.717) is 12.5 Å². The van der Waals surface area contributed by atoms with Crippen molar-refractivity contribution in [1.29, 1.82) is 0 Å². The van der Waals surface area contributed by atoms with Crippen molar-refractivity contribution in [2.75, 3.05) is 31.2 Å². The van der Waals surface area contributed by atoms with E-state index in [1.165, 1.54) is 16.5 Å². The Morgan fingerprint density at radius 1 is 1.07 bits per heavy atom. The normalized spacial score (nSPS) is 15.0. The van der Waals surface area contributed by atoms with Gasteiger partial charge in [-0.1, -0.05) is 18.2 Å². The quantitative estimate of drug-likeness (QED) is 0.539. The molecule has 0 spiro atoms. The van der Waals surface area contributed by atoms with Gasteiger partial charge in [0.2, 0.25) is 0 Å². The standard InChI is InChI=1S/C22H25F2N3O2S/c1-30-20-5-3-2-4-16(20)14-27-10-8-15(9-11-27)13-25-21(28)22(29)26-17-6-7-18(23)19(24)12-17/h2-7,12,15H,8-11,13-14H2,1H3,(H,25,28)(H,26,29). The first-order valence-corrected chi connectivity index (χ1v) is 11.1. The van der Waals surface area contributed by atoms with Gasteiger partial charge in [0.05, 0.1) is 0 Å². The Bertz CT molecular complexity index is 902. The van der Waals surface area contributed by atoms with Crippen LogP contribution in [0.15, 0.2) is 47.4 Å². The minimum atomic E-state index is -1.08. The number of rotatable bonds is 6. The van der Waals surface area contributed by atoms with Crippen LogP contribution >= 0.6 is 11.8 Å². The molecule has 1 aliphatic heterocycles. The predicted octanol–water partition coefficient (Wildman–Crippen LogP) is 3.65. The lowest BCUT2D eigenvalue weighted by atomic mass is 9.96. The first kappa shape index (κ1) is 22.2. The summed E-state index contributed by atoms with van der Waals surface area (Å²) >= 11 is 1.75. The predicted molar refractivity (Wildman–Crippen MR) is 114 cm³/mol. The van der Waals surface area contributed by atoms with E-state index in [1.807, 2.05) is 6.07 Å². The van der Waals surface area contributed by atoms with Crippen LogP contribution in [0.5, 0.6) is 0 Å². The third-order valence-electron chi connectivity index (χ3n) is 5.23. The van der Waals surface area contributed by atoms with Crippen LogP contribution in [0, 0.1) is 17.6 Å². The largest absolute Gasteiger partial charge is 0.348 e. The Labute approximate surface area is 179 Å². The van der Waals surface area contributed by atoms with Crippen LogP contribution in [0.1, 0.15) is 18.4 Å². The summed E-state index contributed by atoms with van der Waals surface area (Å²) in [5.41, 5.74) is 1.36. The molecule has 1 fully saturated rings. The maximum atomic E-state index is 13.2. The highest BCUT2D eigenvalue weighted by Crippen LogP contribution is 2.24. The van der Waals surface area contributed by atoms with Gasteiger partial charge in [0.15, 0.2) is 11.6 Å². The third-order valence-corrected chi connectivity index (χ3v) is 6.07. The minimum Gasteiger partial charge on any atom is -0.348 e. The van der Waals surface area contributed by atoms with Crippen LogP contribution in [0.2, 0.25) is 0 Å². The van der Waals surface area contributed by atoms with Crippen LogP contribution < -0.4 is 10.6 Å². The molecule has 3 rings (SSSR count). The van der Waals surface area contributed by atoms with E-state index < -0.39 is 23.4 Å². The van der Waals surface area contributed by atoms with Gasteiger partial charge in [-0.05, 0) is 61.9 Å². The highest BCUT2D eigenvalue weighted by atomic mass is 32.2. The molecule has 2 aromatic rings. The van der Waals surface area contributed by atoms with Crippen molar-refractivity contribution in [2.45, 2.75) is 24.3 Å². The Kier molecular flexibility index (Phi) is 7.81. The van der Waals surface area contributed by atoms with Crippen molar-refractivity contribution >= 4 is 29.3 Å². The van der Waals surface area contributed by atoms with E-state index >= 15 is 0 Å². The number of nitrogens with zero attached hydrogens (tertiary/aromatic N) is 1. The summed E-state index contributed by atoms with van der Waals surface area (Å²) in [5, 5.41) is 4.92. The molecule has 0 aliphatic carbocycles. The van der Waals surface area contributed by atoms with E-state index in [9.17, 15) is 18.4 Å². The van der Waals surface area contributed by atoms with Crippen LogP contribution in [0.4, 0.5) is 14.5 Å². The molecule has 0 bridgehead atoms. The molecule has 5 nitrogen and oxygen atoms in total. The number of likely N-dealkylation sites (tertiary alicyclic amines) is 1. The lowest BCUT2D eigenvalue weighted by molar-refractivity contribution is -0.136. The monoisotopic (exact) mass is 433 g/mol. The molecule has 1 saturated heterocycles. The number of hydrogen-bond acceptors (Lipinski definition) is 4. The van der Waals surface area contributed by atoms with Gasteiger partial charge in [0.25, 0.3) is 0 Å². The molecule has 160 valence electrons. The molecule has 0 aromatic heterocycles. The fourth-order valence-corrected chi connectivity index (χ4v) is 4.11. The molecule has 0 saturated carbocycles. The Morgan fingerprint density at radius 2 is 1.80 bits per heavy atom. The van der Waals surface area contributed by atoms with Crippen molar-refractivity contribution in [2.24, 2.45) is 5.92 Å². The SMILES string of the molecule is CSc1ccccc1CN1CCC(CNC(=O)C(=O)Nc2ccc(F)c(F)c2)CC1. The molecule has 0 atom stereocenters. The zero-order valence-electron chi connectivity index (χ0n) is 16.8. The van der Waals surface area contributed by atoms with Crippen molar-refractivity contribution in [3.63, 3.8) is 0 Å². The van der Waals surface area contributed by atoms with E-state index in [-0.39, 0.29) is 5.69 Å². The van der Waals surface area contributed by atoms with Crippen molar-refractivity contribution in [3.8, 4) is 0 Å². The number of thioether (sulfide) groups is 1. The summed E-state index contributed by atoms with van der Waals surface area (Å²) in [7, 11) is 0. The molecule has 2 aromatic carbocycles. The second-order valence-electron chi connectivity index (χ2n) is 7.32. The lowest BCUT2D eigenvalue weighted by Gasteiger charge is -2.32. The van der Waals surface area contributed by atoms with Crippen LogP contribution in [-0.2, 0) is 16.1 Å². The molecule has 8 heteroatoms. The van der Waals surface area contributed by atoms with Crippen LogP contribution in [-0.4, -0.2) is 42.6 Å². The number of piperidine rings is 1. The van der Waals surface area contributed by atoms with E-state index in [1.54, 1.807) is 11.8 Å². The van der Waals surface area contributed by atoms with Crippen molar-refractivity contribution in [1.82, 2.24) is 10.2 Å². The van der Waals surface area contributed by atoms with E-state index in [4.69, 9.17) is 0 Å². The Hall–Kier alpha value is -2.45. The zero-order chi connectivity index (χ0) is 21.5. The van der Waals surface area contributed by atoms with Gasteiger partial charge in [-0.25, -0.2) is 8.78 Å². The maximum Gasteiger partial charge on any atom is 0.313 e. The number of benzene rings is 2. The lowest BCUT2D eigenvalue weighted by Crippen LogP contribution is -2.41. The van der Waals surface area contributed by atoms with E-state index in [0.717, 1.165) is 44.6 Å². The highest BCUT2D eigenvalue weighted by molar-refractivity contribution is 7.98. The number of carbonyl (C=O) groups excluding carboxylic acids is 2. The Morgan fingerprint density at radius 3 is 2.50 bits per heavy atom. The first-order valence-electron chi connectivity index (χ1n) is 9.84. The molecule has 2 N–H and O–H groups in total. The minimum absolute atomic E-state index is 0.0351. The average molecular weight is 434 g/mol. The zero-order valence-corrected chi connectivity index (χ0v) is 17.6. The molecule has 2 amide bonds. The van der Waals surface area contributed by atoms with Crippen LogP contribution in [0.3, 0.4) is 0 Å². The fraction of sp³-hybridized carbons (Fsp3) is 0.364. The van der Waals surface area contributed by atoms with Gasteiger partial charge < -0.3 is 10.6 Å². The maximum absolute atomic E-state index is 13.2. The summed E-state index contributed by atoms with van der Waals surface area (Å²) in [6, 6.07) is 11.3. The van der Waals surface area contributed by atoms with Gasteiger partial charge in [-0.3, -0.25) is 14.5 Å². The molecule has 30 heavy (non-hydrogen) atoms. The Balaban J connectivity index is 1.41. The number of anilines is 1. The van der Waals surface area contributed by atoms with Gasteiger partial charge in [0.1, 0.15) is 0 Å². The average Bonchev–Trinajstić information content (AvgIpc) is 2.76. The second kappa shape index (κ2) is 10.5. The molecule has 1 aliphatic rings. The summed E-state index contributed by atoms with van der Waals surface area (Å²) in [6.45, 7) is 3.20. The van der Waals surface area contributed by atoms with Crippen molar-refractivity contribution < 1.29 is 18.4 Å². The molecule has 1 heterocycles. The van der Waals surface area contributed by atoms with Gasteiger partial charge in [-0.2, -0.15) is 0 Å². The molecule has 0 radical (unpaired) electrons.